The third kappa shape index (κ3) is 59.6. The second kappa shape index (κ2) is 63.9. The van der Waals surface area contributed by atoms with Gasteiger partial charge in [-0.2, -0.15) is 0 Å². The molecule has 2 unspecified atom stereocenters. The molecule has 2 atom stereocenters. The summed E-state index contributed by atoms with van der Waals surface area (Å²) < 4.78 is 5.49. The minimum atomic E-state index is -0.669. The Bertz CT molecular complexity index is 1150. The molecule has 0 saturated carbocycles. The van der Waals surface area contributed by atoms with Crippen molar-refractivity contribution in [2.75, 3.05) is 13.2 Å². The predicted molar refractivity (Wildman–Crippen MR) is 324 cm³/mol. The Balaban J connectivity index is 3.41. The van der Waals surface area contributed by atoms with Crippen molar-refractivity contribution in [3.05, 3.63) is 24.3 Å². The molecule has 0 aliphatic heterocycles. The van der Waals surface area contributed by atoms with Gasteiger partial charge in [-0.05, 0) is 77.0 Å². The van der Waals surface area contributed by atoms with Crippen LogP contribution in [-0.4, -0.2) is 47.4 Å². The molecule has 0 bridgehead atoms. The Labute approximate surface area is 462 Å². The van der Waals surface area contributed by atoms with Crippen molar-refractivity contribution >= 4 is 11.9 Å². The van der Waals surface area contributed by atoms with Crippen molar-refractivity contribution in [2.24, 2.45) is 0 Å². The van der Waals surface area contributed by atoms with E-state index in [1.807, 2.05) is 0 Å². The van der Waals surface area contributed by atoms with Gasteiger partial charge in [0.15, 0.2) is 0 Å². The van der Waals surface area contributed by atoms with Crippen LogP contribution in [0.5, 0.6) is 0 Å². The Morgan fingerprint density at radius 3 is 0.959 bits per heavy atom. The van der Waals surface area contributed by atoms with Crippen LogP contribution in [0.15, 0.2) is 24.3 Å². The second-order valence-electron chi connectivity index (χ2n) is 23.1. The summed E-state index contributed by atoms with van der Waals surface area (Å²) in [6.07, 6.45) is 79.2. The first-order valence-electron chi connectivity index (χ1n) is 33.6. The molecule has 0 spiro atoms. The first-order chi connectivity index (χ1) is 36.5. The molecule has 0 aliphatic rings. The van der Waals surface area contributed by atoms with Crippen LogP contribution < -0.4 is 5.32 Å². The zero-order chi connectivity index (χ0) is 53.6. The lowest BCUT2D eigenvalue weighted by molar-refractivity contribution is -0.143. The maximum atomic E-state index is 12.5. The van der Waals surface area contributed by atoms with Crippen molar-refractivity contribution in [3.8, 4) is 0 Å². The fourth-order valence-electron chi connectivity index (χ4n) is 10.6. The third-order valence-corrected chi connectivity index (χ3v) is 15.7. The van der Waals surface area contributed by atoms with Gasteiger partial charge in [-0.3, -0.25) is 9.59 Å². The smallest absolute Gasteiger partial charge is 0.305 e. The highest BCUT2D eigenvalue weighted by Crippen LogP contribution is 2.18. The first kappa shape index (κ1) is 72.3. The molecule has 0 heterocycles. The minimum Gasteiger partial charge on any atom is -0.466 e. The molecule has 0 aliphatic carbocycles. The second-order valence-corrected chi connectivity index (χ2v) is 23.1. The van der Waals surface area contributed by atoms with Crippen LogP contribution in [0.4, 0.5) is 0 Å². The highest BCUT2D eigenvalue weighted by atomic mass is 16.5. The number of carbonyl (C=O) groups is 2. The molecule has 6 nitrogen and oxygen atoms in total. The highest BCUT2D eigenvalue weighted by Gasteiger charge is 2.20. The molecule has 0 aromatic carbocycles. The Hall–Kier alpha value is -1.66. The van der Waals surface area contributed by atoms with Gasteiger partial charge >= 0.3 is 5.97 Å². The SMILES string of the molecule is CCCCCCCCC/C=C\CCCCCCCC(=O)OCCCCCCCCCCCCC/C=C\CCCCCCCCCC(=O)NC(CO)C(O)CCCCCCCCCCCCCCCCCCCCC. The number of hydrogen-bond acceptors (Lipinski definition) is 5. The van der Waals surface area contributed by atoms with Crippen LogP contribution in [0.3, 0.4) is 0 Å². The summed E-state index contributed by atoms with van der Waals surface area (Å²) in [4.78, 5) is 24.6. The quantitative estimate of drug-likeness (QED) is 0.0320. The normalized spacial score (nSPS) is 12.6. The van der Waals surface area contributed by atoms with Crippen LogP contribution in [-0.2, 0) is 14.3 Å². The van der Waals surface area contributed by atoms with Crippen molar-refractivity contribution in [1.29, 1.82) is 0 Å². The van der Waals surface area contributed by atoms with Gasteiger partial charge < -0.3 is 20.3 Å². The van der Waals surface area contributed by atoms with Crippen LogP contribution in [0.1, 0.15) is 373 Å². The molecular weight excluding hydrogens is 911 g/mol. The summed E-state index contributed by atoms with van der Waals surface area (Å²) >= 11 is 0. The topological polar surface area (TPSA) is 95.9 Å². The van der Waals surface area contributed by atoms with E-state index in [-0.39, 0.29) is 18.5 Å². The lowest BCUT2D eigenvalue weighted by Gasteiger charge is -2.22. The van der Waals surface area contributed by atoms with E-state index in [1.165, 1.54) is 295 Å². The molecule has 1 amide bonds. The summed E-state index contributed by atoms with van der Waals surface area (Å²) in [5.74, 6) is -0.0353. The largest absolute Gasteiger partial charge is 0.466 e. The van der Waals surface area contributed by atoms with Gasteiger partial charge in [0.2, 0.25) is 5.91 Å². The molecule has 3 N–H and O–H groups in total. The number of esters is 1. The van der Waals surface area contributed by atoms with Gasteiger partial charge in [-0.15, -0.1) is 0 Å². The van der Waals surface area contributed by atoms with E-state index in [9.17, 15) is 19.8 Å². The van der Waals surface area contributed by atoms with Gasteiger partial charge in [-0.1, -0.05) is 308 Å². The maximum absolute atomic E-state index is 12.5. The lowest BCUT2D eigenvalue weighted by Crippen LogP contribution is -2.45. The Kier molecular flexibility index (Phi) is 62.4. The van der Waals surface area contributed by atoms with Crippen LogP contribution in [0, 0.1) is 0 Å². The summed E-state index contributed by atoms with van der Waals surface area (Å²) in [5.41, 5.74) is 0. The van der Waals surface area contributed by atoms with Gasteiger partial charge in [0.1, 0.15) is 0 Å². The molecule has 0 rings (SSSR count). The number of nitrogens with one attached hydrogen (secondary N) is 1. The summed E-state index contributed by atoms with van der Waals surface area (Å²) in [6.45, 7) is 4.97. The van der Waals surface area contributed by atoms with E-state index >= 15 is 0 Å². The van der Waals surface area contributed by atoms with Crippen molar-refractivity contribution in [2.45, 2.75) is 386 Å². The molecule has 0 radical (unpaired) electrons. The number of ether oxygens (including phenoxy) is 1. The van der Waals surface area contributed by atoms with E-state index in [4.69, 9.17) is 4.74 Å². The molecule has 0 fully saturated rings. The maximum Gasteiger partial charge on any atom is 0.305 e. The van der Waals surface area contributed by atoms with Crippen LogP contribution >= 0.6 is 0 Å². The van der Waals surface area contributed by atoms with Crippen molar-refractivity contribution in [3.63, 3.8) is 0 Å². The van der Waals surface area contributed by atoms with E-state index < -0.39 is 12.1 Å². The van der Waals surface area contributed by atoms with E-state index in [0.717, 1.165) is 44.9 Å². The monoisotopic (exact) mass is 1040 g/mol. The van der Waals surface area contributed by atoms with E-state index in [2.05, 4.69) is 43.5 Å². The van der Waals surface area contributed by atoms with E-state index in [1.54, 1.807) is 0 Å². The molecular formula is C68H131NO5. The van der Waals surface area contributed by atoms with Gasteiger partial charge in [0.05, 0.1) is 25.4 Å². The zero-order valence-electron chi connectivity index (χ0n) is 50.1. The minimum absolute atomic E-state index is 0.00334. The number of aliphatic hydroxyl groups is 2. The zero-order valence-corrected chi connectivity index (χ0v) is 50.1. The first-order valence-corrected chi connectivity index (χ1v) is 33.6. The summed E-state index contributed by atoms with van der Waals surface area (Å²) in [7, 11) is 0. The summed E-state index contributed by atoms with van der Waals surface area (Å²) in [5, 5.41) is 23.4. The van der Waals surface area contributed by atoms with Gasteiger partial charge in [0, 0.05) is 12.8 Å². The molecule has 0 aromatic rings. The average molecular weight is 1040 g/mol. The third-order valence-electron chi connectivity index (χ3n) is 15.7. The Morgan fingerprint density at radius 2 is 0.635 bits per heavy atom. The number of rotatable bonds is 63. The fourth-order valence-corrected chi connectivity index (χ4v) is 10.6. The van der Waals surface area contributed by atoms with E-state index in [0.29, 0.717) is 25.9 Å². The molecule has 0 saturated heterocycles. The molecule has 74 heavy (non-hydrogen) atoms. The van der Waals surface area contributed by atoms with Crippen molar-refractivity contribution in [1.82, 2.24) is 5.32 Å². The number of carbonyl (C=O) groups excluding carboxylic acids is 2. The number of amides is 1. The number of hydrogen-bond donors (Lipinski definition) is 3. The number of unbranched alkanes of at least 4 members (excludes halogenated alkanes) is 48. The molecule has 6 heteroatoms. The fraction of sp³-hybridized carbons (Fsp3) is 0.912. The average Bonchev–Trinajstić information content (AvgIpc) is 3.40. The molecule has 438 valence electrons. The highest BCUT2D eigenvalue weighted by molar-refractivity contribution is 5.76. The van der Waals surface area contributed by atoms with Gasteiger partial charge in [0.25, 0.3) is 0 Å². The van der Waals surface area contributed by atoms with Crippen LogP contribution in [0.25, 0.3) is 0 Å². The van der Waals surface area contributed by atoms with Crippen LogP contribution in [0.2, 0.25) is 0 Å². The summed E-state index contributed by atoms with van der Waals surface area (Å²) in [6, 6.07) is -0.547. The Morgan fingerprint density at radius 1 is 0.365 bits per heavy atom. The standard InChI is InChI=1S/C68H131NO5/c1-3-5-7-9-11-13-15-17-19-21-26-29-32-36-40-44-48-52-56-60-66(71)65(64-70)69-67(72)61-57-53-49-45-41-37-33-30-27-24-22-23-25-28-31-35-39-43-47-51-55-59-63-74-68(73)62-58-54-50-46-42-38-34-20-18-16-14-12-10-8-6-4-2/h20,24,27,34,65-66,70-71H,3-19,21-23,25-26,28-33,35-64H2,1-2H3,(H,69,72)/b27-24-,34-20-. The predicted octanol–water partition coefficient (Wildman–Crippen LogP) is 21.4. The van der Waals surface area contributed by atoms with Crippen molar-refractivity contribution < 1.29 is 24.5 Å². The number of aliphatic hydroxyl groups excluding tert-OH is 2. The lowest BCUT2D eigenvalue weighted by atomic mass is 10.0. The number of allylic oxidation sites excluding steroid dienone is 4. The van der Waals surface area contributed by atoms with Gasteiger partial charge in [-0.25, -0.2) is 0 Å². The molecule has 0 aromatic heterocycles.